The van der Waals surface area contributed by atoms with Gasteiger partial charge in [0.1, 0.15) is 5.75 Å². The van der Waals surface area contributed by atoms with Crippen LogP contribution in [0.1, 0.15) is 30.1 Å². The molecule has 1 aromatic rings. The van der Waals surface area contributed by atoms with E-state index in [1.165, 1.54) is 12.1 Å². The number of hydrogen-bond acceptors (Lipinski definition) is 3. The van der Waals surface area contributed by atoms with Gasteiger partial charge in [-0.1, -0.05) is 6.07 Å². The lowest BCUT2D eigenvalue weighted by Crippen LogP contribution is -2.41. The van der Waals surface area contributed by atoms with Crippen molar-refractivity contribution >= 4 is 5.91 Å². The Kier molecular flexibility index (Phi) is 5.50. The molecular weight excluding hydrogens is 278 g/mol. The number of alkyl halides is 2. The first-order valence-electron chi connectivity index (χ1n) is 7.17. The second-order valence-electron chi connectivity index (χ2n) is 5.04. The molecule has 1 heterocycles. The highest BCUT2D eigenvalue weighted by molar-refractivity contribution is 5.94. The van der Waals surface area contributed by atoms with Gasteiger partial charge in [-0.05, 0) is 44.5 Å². The smallest absolute Gasteiger partial charge is 0.387 e. The van der Waals surface area contributed by atoms with Crippen LogP contribution in [0.4, 0.5) is 8.78 Å². The Bertz CT molecular complexity index is 476. The number of likely N-dealkylation sites (N-methyl/N-ethyl adjacent to an activating group) is 1. The second-order valence-corrected chi connectivity index (χ2v) is 5.04. The molecule has 0 saturated carbocycles. The van der Waals surface area contributed by atoms with Crippen LogP contribution in [0.5, 0.6) is 5.75 Å². The zero-order valence-electron chi connectivity index (χ0n) is 12.0. The van der Waals surface area contributed by atoms with E-state index in [1.54, 1.807) is 17.0 Å². The molecule has 6 heteroatoms. The van der Waals surface area contributed by atoms with E-state index in [-0.39, 0.29) is 11.7 Å². The Morgan fingerprint density at radius 1 is 1.52 bits per heavy atom. The number of carbonyl (C=O) groups is 1. The van der Waals surface area contributed by atoms with Crippen LogP contribution < -0.4 is 10.1 Å². The maximum absolute atomic E-state index is 12.5. The van der Waals surface area contributed by atoms with E-state index in [0.717, 1.165) is 19.4 Å². The Balaban J connectivity index is 2.05. The summed E-state index contributed by atoms with van der Waals surface area (Å²) in [6.07, 6.45) is 2.17. The van der Waals surface area contributed by atoms with Gasteiger partial charge in [-0.2, -0.15) is 8.78 Å². The molecule has 1 unspecified atom stereocenters. The van der Waals surface area contributed by atoms with Crippen LogP contribution in [0.3, 0.4) is 0 Å². The lowest BCUT2D eigenvalue weighted by molar-refractivity contribution is -0.0499. The van der Waals surface area contributed by atoms with Gasteiger partial charge in [0.2, 0.25) is 0 Å². The van der Waals surface area contributed by atoms with Crippen molar-refractivity contribution < 1.29 is 18.3 Å². The van der Waals surface area contributed by atoms with E-state index in [4.69, 9.17) is 0 Å². The molecule has 1 aliphatic rings. The van der Waals surface area contributed by atoms with Gasteiger partial charge in [-0.15, -0.1) is 0 Å². The van der Waals surface area contributed by atoms with E-state index >= 15 is 0 Å². The zero-order chi connectivity index (χ0) is 15.2. The van der Waals surface area contributed by atoms with Crippen LogP contribution in [-0.4, -0.2) is 43.1 Å². The first-order chi connectivity index (χ1) is 10.1. The molecule has 116 valence electrons. The van der Waals surface area contributed by atoms with E-state index in [0.29, 0.717) is 24.7 Å². The molecule has 0 bridgehead atoms. The molecule has 0 aliphatic carbocycles. The van der Waals surface area contributed by atoms with Crippen molar-refractivity contribution in [2.75, 3.05) is 19.6 Å². The highest BCUT2D eigenvalue weighted by atomic mass is 19.3. The van der Waals surface area contributed by atoms with Gasteiger partial charge in [0.15, 0.2) is 0 Å². The van der Waals surface area contributed by atoms with Gasteiger partial charge >= 0.3 is 6.61 Å². The topological polar surface area (TPSA) is 41.6 Å². The number of amides is 1. The average Bonchev–Trinajstić information content (AvgIpc) is 2.96. The summed E-state index contributed by atoms with van der Waals surface area (Å²) in [6, 6.07) is 6.25. The van der Waals surface area contributed by atoms with Crippen molar-refractivity contribution in [2.45, 2.75) is 32.4 Å². The number of hydrogen-bond donors (Lipinski definition) is 1. The van der Waals surface area contributed by atoms with E-state index in [2.05, 4.69) is 10.1 Å². The van der Waals surface area contributed by atoms with Crippen LogP contribution in [-0.2, 0) is 0 Å². The molecule has 0 radical (unpaired) electrons. The first kappa shape index (κ1) is 15.7. The summed E-state index contributed by atoms with van der Waals surface area (Å²) in [7, 11) is 0. The monoisotopic (exact) mass is 298 g/mol. The molecular formula is C15H20F2N2O2. The van der Waals surface area contributed by atoms with Gasteiger partial charge in [-0.25, -0.2) is 0 Å². The third-order valence-corrected chi connectivity index (χ3v) is 3.58. The fraction of sp³-hybridized carbons (Fsp3) is 0.533. The summed E-state index contributed by atoms with van der Waals surface area (Å²) < 4.78 is 28.8. The largest absolute Gasteiger partial charge is 0.435 e. The number of carbonyl (C=O) groups excluding carboxylic acids is 1. The van der Waals surface area contributed by atoms with Crippen molar-refractivity contribution in [3.05, 3.63) is 29.8 Å². The Labute approximate surface area is 123 Å². The van der Waals surface area contributed by atoms with E-state index in [1.807, 2.05) is 6.92 Å². The molecule has 1 fully saturated rings. The number of halogens is 2. The molecule has 0 spiro atoms. The van der Waals surface area contributed by atoms with Crippen molar-refractivity contribution in [1.29, 1.82) is 0 Å². The summed E-state index contributed by atoms with van der Waals surface area (Å²) in [4.78, 5) is 14.2. The standard InChI is InChI=1S/C15H20F2N2O2/c1-2-19(10-12-6-4-8-18-12)14(20)11-5-3-7-13(9-11)21-15(16)17/h3,5,7,9,12,15,18H,2,4,6,8,10H2,1H3. The summed E-state index contributed by atoms with van der Waals surface area (Å²) in [5.41, 5.74) is 0.369. The van der Waals surface area contributed by atoms with Gasteiger partial charge in [-0.3, -0.25) is 4.79 Å². The highest BCUT2D eigenvalue weighted by Crippen LogP contribution is 2.18. The predicted molar refractivity (Wildman–Crippen MR) is 75.7 cm³/mol. The fourth-order valence-electron chi connectivity index (χ4n) is 2.52. The van der Waals surface area contributed by atoms with Gasteiger partial charge in [0, 0.05) is 24.7 Å². The van der Waals surface area contributed by atoms with Crippen LogP contribution in [0.15, 0.2) is 24.3 Å². The van der Waals surface area contributed by atoms with Crippen molar-refractivity contribution in [2.24, 2.45) is 0 Å². The number of rotatable bonds is 6. The predicted octanol–water partition coefficient (Wildman–Crippen LogP) is 2.50. The third kappa shape index (κ3) is 4.39. The fourth-order valence-corrected chi connectivity index (χ4v) is 2.52. The minimum atomic E-state index is -2.89. The van der Waals surface area contributed by atoms with Crippen LogP contribution >= 0.6 is 0 Å². The first-order valence-corrected chi connectivity index (χ1v) is 7.17. The zero-order valence-corrected chi connectivity index (χ0v) is 12.0. The lowest BCUT2D eigenvalue weighted by atomic mass is 10.1. The molecule has 2 rings (SSSR count). The minimum Gasteiger partial charge on any atom is -0.435 e. The molecule has 1 aromatic carbocycles. The van der Waals surface area contributed by atoms with E-state index < -0.39 is 6.61 Å². The van der Waals surface area contributed by atoms with E-state index in [9.17, 15) is 13.6 Å². The Morgan fingerprint density at radius 3 is 2.95 bits per heavy atom. The molecule has 4 nitrogen and oxygen atoms in total. The van der Waals surface area contributed by atoms with Crippen LogP contribution in [0, 0.1) is 0 Å². The number of nitrogens with zero attached hydrogens (tertiary/aromatic N) is 1. The van der Waals surface area contributed by atoms with Gasteiger partial charge < -0.3 is 15.0 Å². The van der Waals surface area contributed by atoms with Crippen molar-refractivity contribution in [3.63, 3.8) is 0 Å². The normalized spacial score (nSPS) is 18.0. The van der Waals surface area contributed by atoms with Gasteiger partial charge in [0.25, 0.3) is 5.91 Å². The molecule has 1 atom stereocenters. The Morgan fingerprint density at radius 2 is 2.33 bits per heavy atom. The number of ether oxygens (including phenoxy) is 1. The van der Waals surface area contributed by atoms with Crippen molar-refractivity contribution in [3.8, 4) is 5.75 Å². The maximum Gasteiger partial charge on any atom is 0.387 e. The van der Waals surface area contributed by atoms with Crippen LogP contribution in [0.2, 0.25) is 0 Å². The summed E-state index contributed by atoms with van der Waals surface area (Å²) in [5.74, 6) is -0.156. The SMILES string of the molecule is CCN(CC1CCCN1)C(=O)c1cccc(OC(F)F)c1. The summed E-state index contributed by atoms with van der Waals surface area (Å²) >= 11 is 0. The molecule has 1 N–H and O–H groups in total. The maximum atomic E-state index is 12.5. The van der Waals surface area contributed by atoms with Crippen molar-refractivity contribution in [1.82, 2.24) is 10.2 Å². The second kappa shape index (κ2) is 7.36. The summed E-state index contributed by atoms with van der Waals surface area (Å²) in [5, 5.41) is 3.35. The molecule has 1 aliphatic heterocycles. The third-order valence-electron chi connectivity index (χ3n) is 3.58. The quantitative estimate of drug-likeness (QED) is 0.877. The Hall–Kier alpha value is -1.69. The van der Waals surface area contributed by atoms with Crippen LogP contribution in [0.25, 0.3) is 0 Å². The number of benzene rings is 1. The average molecular weight is 298 g/mol. The molecule has 21 heavy (non-hydrogen) atoms. The molecule has 0 aromatic heterocycles. The number of nitrogens with one attached hydrogen (secondary N) is 1. The molecule has 1 amide bonds. The summed E-state index contributed by atoms with van der Waals surface area (Å²) in [6.45, 7) is 1.22. The minimum absolute atomic E-state index is 0.00546. The van der Waals surface area contributed by atoms with Gasteiger partial charge in [0.05, 0.1) is 0 Å². The lowest BCUT2D eigenvalue weighted by Gasteiger charge is -2.24. The highest BCUT2D eigenvalue weighted by Gasteiger charge is 2.21. The molecule has 1 saturated heterocycles.